The fraction of sp³-hybridized carbons (Fsp3) is 0.0909. The van der Waals surface area contributed by atoms with E-state index in [0.29, 0.717) is 0 Å². The minimum Gasteiger partial charge on any atom is -0.310 e. The van der Waals surface area contributed by atoms with E-state index in [4.69, 9.17) is 0 Å². The highest BCUT2D eigenvalue weighted by molar-refractivity contribution is 6.28. The molecule has 0 saturated heterocycles. The van der Waals surface area contributed by atoms with Crippen molar-refractivity contribution in [3.8, 4) is 22.3 Å². The van der Waals surface area contributed by atoms with Gasteiger partial charge in [-0.25, -0.2) is 0 Å². The number of benzene rings is 12. The van der Waals surface area contributed by atoms with E-state index in [1.807, 2.05) is 0 Å². The second-order valence-electron chi connectivity index (χ2n) is 20.1. The Hall–Kier alpha value is -8.20. The predicted molar refractivity (Wildman–Crippen MR) is 290 cm³/mol. The standard InChI is InChI=1S/C66H48N2/c1-65(2)55-23-11-9-19-49(55)51-21-13-25-59(63(51)65)67(47-33-27-41-15-5-7-17-45(41)39-47)57-37-31-43-30-36-54-58(38-32-44-29-35-53(57)61(43)62(44)54)68(48-34-28-42-16-6-8-18-46(42)40-48)60-26-14-22-52-50-20-10-12-24-56(50)66(3,4)64(52)60/h5-40H,1-4H3. The summed E-state index contributed by atoms with van der Waals surface area (Å²) in [6.45, 7) is 9.59. The molecule has 0 unspecified atom stereocenters. The second-order valence-corrected chi connectivity index (χ2v) is 20.1. The lowest BCUT2D eigenvalue weighted by Gasteiger charge is -2.34. The Balaban J connectivity index is 1.04. The lowest BCUT2D eigenvalue weighted by molar-refractivity contribution is 0.660. The lowest BCUT2D eigenvalue weighted by Crippen LogP contribution is -2.21. The molecule has 2 nitrogen and oxygen atoms in total. The normalized spacial score (nSPS) is 14.1. The SMILES string of the molecule is CC1(C)c2ccccc2-c2cccc(N(c3ccc4ccccc4c3)c3ccc4ccc5c(N(c6ccc7ccccc7c6)c6cccc7c6C(C)(C)c6ccccc6-7)ccc6ccc3c4c65)c21. The van der Waals surface area contributed by atoms with Crippen molar-refractivity contribution in [1.82, 2.24) is 0 Å². The minimum absolute atomic E-state index is 0.212. The van der Waals surface area contributed by atoms with Gasteiger partial charge in [-0.05, 0) is 136 Å². The van der Waals surface area contributed by atoms with Crippen LogP contribution in [0.25, 0.3) is 76.1 Å². The number of hydrogen-bond donors (Lipinski definition) is 0. The molecule has 0 aliphatic heterocycles. The average Bonchev–Trinajstić information content (AvgIpc) is 3.76. The molecule has 2 aliphatic rings. The molecule has 2 aliphatic carbocycles. The third-order valence-electron chi connectivity index (χ3n) is 15.7. The summed E-state index contributed by atoms with van der Waals surface area (Å²) in [4.78, 5) is 5.11. The van der Waals surface area contributed by atoms with Gasteiger partial charge in [-0.1, -0.05) is 198 Å². The van der Waals surface area contributed by atoms with Crippen molar-refractivity contribution in [3.05, 3.63) is 241 Å². The van der Waals surface area contributed by atoms with E-state index in [0.717, 1.165) is 11.4 Å². The lowest BCUT2D eigenvalue weighted by atomic mass is 9.81. The van der Waals surface area contributed by atoms with Crippen LogP contribution in [0.1, 0.15) is 49.9 Å². The largest absolute Gasteiger partial charge is 0.310 e. The van der Waals surface area contributed by atoms with Gasteiger partial charge >= 0.3 is 0 Å². The van der Waals surface area contributed by atoms with Crippen LogP contribution in [0.15, 0.2) is 218 Å². The van der Waals surface area contributed by atoms with Gasteiger partial charge in [0, 0.05) is 33.0 Å². The molecule has 0 fully saturated rings. The molecule has 14 rings (SSSR count). The highest BCUT2D eigenvalue weighted by Gasteiger charge is 2.40. The predicted octanol–water partition coefficient (Wildman–Crippen LogP) is 18.4. The monoisotopic (exact) mass is 868 g/mol. The van der Waals surface area contributed by atoms with Gasteiger partial charge < -0.3 is 9.80 Å². The fourth-order valence-electron chi connectivity index (χ4n) is 12.6. The molecular formula is C66H48N2. The Bertz CT molecular complexity index is 3790. The van der Waals surface area contributed by atoms with Crippen LogP contribution in [0.4, 0.5) is 34.1 Å². The molecule has 0 atom stereocenters. The van der Waals surface area contributed by atoms with Crippen molar-refractivity contribution >= 4 is 88.0 Å². The van der Waals surface area contributed by atoms with Crippen molar-refractivity contribution in [3.63, 3.8) is 0 Å². The van der Waals surface area contributed by atoms with Gasteiger partial charge in [0.1, 0.15) is 0 Å². The first kappa shape index (κ1) is 39.0. The smallest absolute Gasteiger partial charge is 0.0540 e. The second kappa shape index (κ2) is 14.2. The molecule has 0 heterocycles. The molecule has 0 bridgehead atoms. The molecule has 0 radical (unpaired) electrons. The van der Waals surface area contributed by atoms with Crippen molar-refractivity contribution < 1.29 is 0 Å². The quantitative estimate of drug-likeness (QED) is 0.154. The zero-order valence-electron chi connectivity index (χ0n) is 38.7. The molecule has 0 amide bonds. The summed E-state index contributed by atoms with van der Waals surface area (Å²) in [5.74, 6) is 0. The number of rotatable bonds is 6. The van der Waals surface area contributed by atoms with Crippen LogP contribution < -0.4 is 9.80 Å². The van der Waals surface area contributed by atoms with E-state index in [1.54, 1.807) is 0 Å². The van der Waals surface area contributed by atoms with Gasteiger partial charge in [-0.15, -0.1) is 0 Å². The topological polar surface area (TPSA) is 6.48 Å². The van der Waals surface area contributed by atoms with E-state index in [2.05, 4.69) is 256 Å². The molecular weight excluding hydrogens is 821 g/mol. The summed E-state index contributed by atoms with van der Waals surface area (Å²) >= 11 is 0. The van der Waals surface area contributed by atoms with Crippen molar-refractivity contribution in [1.29, 1.82) is 0 Å². The van der Waals surface area contributed by atoms with Gasteiger partial charge in [-0.2, -0.15) is 0 Å². The van der Waals surface area contributed by atoms with Crippen LogP contribution >= 0.6 is 0 Å². The summed E-state index contributed by atoms with van der Waals surface area (Å²) < 4.78 is 0. The maximum atomic E-state index is 2.56. The molecule has 12 aromatic rings. The van der Waals surface area contributed by atoms with Gasteiger partial charge in [0.25, 0.3) is 0 Å². The molecule has 12 aromatic carbocycles. The van der Waals surface area contributed by atoms with E-state index in [-0.39, 0.29) is 10.8 Å². The molecule has 0 spiro atoms. The number of nitrogens with zero attached hydrogens (tertiary/aromatic N) is 2. The molecule has 2 heteroatoms. The molecule has 68 heavy (non-hydrogen) atoms. The Morgan fingerprint density at radius 3 is 1.10 bits per heavy atom. The van der Waals surface area contributed by atoms with E-state index in [1.165, 1.54) is 121 Å². The zero-order valence-corrected chi connectivity index (χ0v) is 38.7. The third-order valence-corrected chi connectivity index (χ3v) is 15.7. The van der Waals surface area contributed by atoms with Gasteiger partial charge in [0.2, 0.25) is 0 Å². The highest BCUT2D eigenvalue weighted by Crippen LogP contribution is 2.57. The van der Waals surface area contributed by atoms with E-state index in [9.17, 15) is 0 Å². The summed E-state index contributed by atoms with van der Waals surface area (Å²) in [7, 11) is 0. The first-order valence-corrected chi connectivity index (χ1v) is 24.0. The molecule has 0 saturated carbocycles. The van der Waals surface area contributed by atoms with Gasteiger partial charge in [-0.3, -0.25) is 0 Å². The number of anilines is 6. The maximum Gasteiger partial charge on any atom is 0.0540 e. The van der Waals surface area contributed by atoms with Crippen molar-refractivity contribution in [2.45, 2.75) is 38.5 Å². The molecule has 322 valence electrons. The van der Waals surface area contributed by atoms with E-state index < -0.39 is 0 Å². The van der Waals surface area contributed by atoms with Crippen LogP contribution in [0.2, 0.25) is 0 Å². The van der Waals surface area contributed by atoms with Crippen LogP contribution in [0.3, 0.4) is 0 Å². The van der Waals surface area contributed by atoms with Crippen LogP contribution in [0, 0.1) is 0 Å². The van der Waals surface area contributed by atoms with E-state index >= 15 is 0 Å². The fourth-order valence-corrected chi connectivity index (χ4v) is 12.6. The first-order chi connectivity index (χ1) is 33.3. The van der Waals surface area contributed by atoms with Crippen LogP contribution in [-0.4, -0.2) is 0 Å². The maximum absolute atomic E-state index is 2.56. The zero-order chi connectivity index (χ0) is 45.5. The number of fused-ring (bicyclic) bond motifs is 8. The van der Waals surface area contributed by atoms with Crippen molar-refractivity contribution in [2.24, 2.45) is 0 Å². The Kier molecular flexibility index (Phi) is 8.12. The molecule has 0 aromatic heterocycles. The summed E-state index contributed by atoms with van der Waals surface area (Å²) in [6.07, 6.45) is 0. The van der Waals surface area contributed by atoms with Gasteiger partial charge in [0.05, 0.1) is 22.7 Å². The summed E-state index contributed by atoms with van der Waals surface area (Å²) in [6, 6.07) is 82.1. The number of hydrogen-bond acceptors (Lipinski definition) is 2. The van der Waals surface area contributed by atoms with Crippen LogP contribution in [-0.2, 0) is 10.8 Å². The minimum atomic E-state index is -0.212. The van der Waals surface area contributed by atoms with Crippen LogP contribution in [0.5, 0.6) is 0 Å². The van der Waals surface area contributed by atoms with Crippen molar-refractivity contribution in [2.75, 3.05) is 9.80 Å². The highest BCUT2D eigenvalue weighted by atomic mass is 15.2. The Morgan fingerprint density at radius 1 is 0.279 bits per heavy atom. The van der Waals surface area contributed by atoms with Gasteiger partial charge in [0.15, 0.2) is 0 Å². The molecule has 0 N–H and O–H groups in total. The summed E-state index contributed by atoms with van der Waals surface area (Å²) in [5.41, 5.74) is 17.3. The Morgan fingerprint density at radius 2 is 0.647 bits per heavy atom. The average molecular weight is 869 g/mol. The summed E-state index contributed by atoms with van der Waals surface area (Å²) in [5, 5.41) is 12.4. The Labute approximate surface area is 397 Å². The first-order valence-electron chi connectivity index (χ1n) is 24.0. The third kappa shape index (κ3) is 5.40.